The molecule has 2 rings (SSSR count). The summed E-state index contributed by atoms with van der Waals surface area (Å²) in [7, 11) is 0. The second kappa shape index (κ2) is 6.63. The van der Waals surface area contributed by atoms with E-state index in [1.54, 1.807) is 12.1 Å². The minimum atomic E-state index is -0.481. The Bertz CT molecular complexity index is 622. The Morgan fingerprint density at radius 1 is 1.20 bits per heavy atom. The quantitative estimate of drug-likeness (QED) is 0.635. The maximum Gasteiger partial charge on any atom is 0.126 e. The van der Waals surface area contributed by atoms with Crippen molar-refractivity contribution in [2.24, 2.45) is 5.84 Å². The maximum absolute atomic E-state index is 13.7. The van der Waals surface area contributed by atoms with Crippen molar-refractivity contribution in [2.45, 2.75) is 12.5 Å². The van der Waals surface area contributed by atoms with Crippen LogP contribution in [-0.4, -0.2) is 0 Å². The van der Waals surface area contributed by atoms with Crippen molar-refractivity contribution in [3.05, 3.63) is 68.7 Å². The van der Waals surface area contributed by atoms with Crippen molar-refractivity contribution in [3.8, 4) is 0 Å². The van der Waals surface area contributed by atoms with Gasteiger partial charge in [-0.05, 0) is 63.8 Å². The minimum Gasteiger partial charge on any atom is -0.271 e. The third-order valence-corrected chi connectivity index (χ3v) is 4.21. The number of nitrogens with one attached hydrogen (secondary N) is 1. The van der Waals surface area contributed by atoms with Crippen LogP contribution in [0.3, 0.4) is 0 Å². The molecule has 0 radical (unpaired) electrons. The Morgan fingerprint density at radius 3 is 2.60 bits per heavy atom. The summed E-state index contributed by atoms with van der Waals surface area (Å²) >= 11 is 9.32. The highest BCUT2D eigenvalue weighted by atomic mass is 79.9. The summed E-state index contributed by atoms with van der Waals surface area (Å²) in [5, 5.41) is 0.530. The van der Waals surface area contributed by atoms with E-state index >= 15 is 0 Å². The fraction of sp³-hybridized carbons (Fsp3) is 0.143. The average Bonchev–Trinajstić information content (AvgIpc) is 2.43. The topological polar surface area (TPSA) is 38.0 Å². The largest absolute Gasteiger partial charge is 0.271 e. The molecule has 1 unspecified atom stereocenters. The number of rotatable bonds is 4. The van der Waals surface area contributed by atoms with Crippen LogP contribution in [0.5, 0.6) is 0 Å². The van der Waals surface area contributed by atoms with Gasteiger partial charge in [0, 0.05) is 4.47 Å². The van der Waals surface area contributed by atoms with Crippen LogP contribution in [-0.2, 0) is 6.42 Å². The van der Waals surface area contributed by atoms with Crippen LogP contribution in [0, 0.1) is 11.6 Å². The van der Waals surface area contributed by atoms with Gasteiger partial charge in [-0.3, -0.25) is 11.3 Å². The summed E-state index contributed by atoms with van der Waals surface area (Å²) in [5.74, 6) is 4.56. The first-order valence-electron chi connectivity index (χ1n) is 5.86. The second-order valence-corrected chi connectivity index (χ2v) is 5.59. The zero-order valence-corrected chi connectivity index (χ0v) is 12.7. The predicted molar refractivity (Wildman–Crippen MR) is 79.3 cm³/mol. The molecule has 0 saturated carbocycles. The molecule has 2 aromatic carbocycles. The molecule has 106 valence electrons. The molecule has 0 spiro atoms. The van der Waals surface area contributed by atoms with Gasteiger partial charge in [-0.1, -0.05) is 17.7 Å². The number of hydrazine groups is 1. The monoisotopic (exact) mass is 360 g/mol. The lowest BCUT2D eigenvalue weighted by Crippen LogP contribution is -2.29. The lowest BCUT2D eigenvalue weighted by atomic mass is 9.99. The summed E-state index contributed by atoms with van der Waals surface area (Å²) in [6.07, 6.45) is 0.220. The van der Waals surface area contributed by atoms with Crippen LogP contribution in [0.25, 0.3) is 0 Å². The molecule has 2 aromatic rings. The van der Waals surface area contributed by atoms with Crippen LogP contribution >= 0.6 is 27.5 Å². The van der Waals surface area contributed by atoms with E-state index in [1.807, 2.05) is 6.07 Å². The van der Waals surface area contributed by atoms with Crippen LogP contribution in [0.1, 0.15) is 17.2 Å². The summed E-state index contributed by atoms with van der Waals surface area (Å²) < 4.78 is 27.6. The van der Waals surface area contributed by atoms with Gasteiger partial charge in [0.1, 0.15) is 11.6 Å². The molecular formula is C14H12BrClF2N2. The molecule has 20 heavy (non-hydrogen) atoms. The van der Waals surface area contributed by atoms with Gasteiger partial charge in [-0.15, -0.1) is 0 Å². The minimum absolute atomic E-state index is 0.220. The van der Waals surface area contributed by atoms with Crippen LogP contribution in [0.2, 0.25) is 5.02 Å². The van der Waals surface area contributed by atoms with E-state index < -0.39 is 11.6 Å². The molecule has 2 nitrogen and oxygen atoms in total. The van der Waals surface area contributed by atoms with Crippen molar-refractivity contribution in [1.82, 2.24) is 5.43 Å². The molecule has 0 saturated heterocycles. The molecule has 0 fully saturated rings. The molecule has 0 amide bonds. The van der Waals surface area contributed by atoms with Crippen LogP contribution in [0.15, 0.2) is 40.9 Å². The SMILES string of the molecule is NNC(Cc1cc(F)ccc1F)c1ccc(Br)c(Cl)c1. The van der Waals surface area contributed by atoms with E-state index in [-0.39, 0.29) is 18.0 Å². The number of hydrogen-bond acceptors (Lipinski definition) is 2. The van der Waals surface area contributed by atoms with Crippen molar-refractivity contribution >= 4 is 27.5 Å². The highest BCUT2D eigenvalue weighted by molar-refractivity contribution is 9.10. The third kappa shape index (κ3) is 3.55. The van der Waals surface area contributed by atoms with Crippen LogP contribution < -0.4 is 11.3 Å². The summed E-state index contributed by atoms with van der Waals surface area (Å²) in [6, 6.07) is 8.32. The van der Waals surface area contributed by atoms with Crippen molar-refractivity contribution in [2.75, 3.05) is 0 Å². The fourth-order valence-electron chi connectivity index (χ4n) is 1.92. The van der Waals surface area contributed by atoms with Gasteiger partial charge in [0.15, 0.2) is 0 Å². The molecule has 0 aromatic heterocycles. The summed E-state index contributed by atoms with van der Waals surface area (Å²) in [4.78, 5) is 0. The molecule has 3 N–H and O–H groups in total. The lowest BCUT2D eigenvalue weighted by Gasteiger charge is -2.17. The Labute approximate surface area is 129 Å². The van der Waals surface area contributed by atoms with Gasteiger partial charge in [0.2, 0.25) is 0 Å². The first kappa shape index (κ1) is 15.4. The van der Waals surface area contributed by atoms with Gasteiger partial charge < -0.3 is 0 Å². The summed E-state index contributed by atoms with van der Waals surface area (Å²) in [6.45, 7) is 0. The number of halogens is 4. The van der Waals surface area contributed by atoms with Gasteiger partial charge in [0.05, 0.1) is 11.1 Å². The third-order valence-electron chi connectivity index (χ3n) is 2.98. The molecule has 0 bridgehead atoms. The molecule has 0 aliphatic heterocycles. The standard InChI is InChI=1S/C14H12BrClF2N2/c15-11-3-1-8(6-12(11)16)14(20-19)7-9-5-10(17)2-4-13(9)18/h1-6,14,20H,7,19H2. The Hall–Kier alpha value is -1.01. The maximum atomic E-state index is 13.7. The molecule has 0 aliphatic rings. The zero-order chi connectivity index (χ0) is 14.7. The smallest absolute Gasteiger partial charge is 0.126 e. The first-order chi connectivity index (χ1) is 9.51. The fourth-order valence-corrected chi connectivity index (χ4v) is 2.36. The van der Waals surface area contributed by atoms with E-state index in [9.17, 15) is 8.78 Å². The van der Waals surface area contributed by atoms with E-state index in [0.717, 1.165) is 22.2 Å². The van der Waals surface area contributed by atoms with E-state index in [1.165, 1.54) is 6.07 Å². The Kier molecular flexibility index (Phi) is 5.10. The van der Waals surface area contributed by atoms with Crippen molar-refractivity contribution in [3.63, 3.8) is 0 Å². The van der Waals surface area contributed by atoms with E-state index in [4.69, 9.17) is 17.4 Å². The van der Waals surface area contributed by atoms with Gasteiger partial charge >= 0.3 is 0 Å². The number of benzene rings is 2. The van der Waals surface area contributed by atoms with E-state index in [0.29, 0.717) is 5.02 Å². The number of hydrogen-bond donors (Lipinski definition) is 2. The normalized spacial score (nSPS) is 12.4. The molecule has 0 heterocycles. The molecule has 1 atom stereocenters. The van der Waals surface area contributed by atoms with Crippen LogP contribution in [0.4, 0.5) is 8.78 Å². The predicted octanol–water partition coefficient (Wildman–Crippen LogP) is 4.13. The Morgan fingerprint density at radius 2 is 1.95 bits per heavy atom. The van der Waals surface area contributed by atoms with Gasteiger partial charge in [0.25, 0.3) is 0 Å². The first-order valence-corrected chi connectivity index (χ1v) is 7.03. The number of nitrogens with two attached hydrogens (primary N) is 1. The van der Waals surface area contributed by atoms with Crippen molar-refractivity contribution < 1.29 is 8.78 Å². The van der Waals surface area contributed by atoms with Gasteiger partial charge in [-0.2, -0.15) is 0 Å². The lowest BCUT2D eigenvalue weighted by molar-refractivity contribution is 0.523. The van der Waals surface area contributed by atoms with E-state index in [2.05, 4.69) is 21.4 Å². The highest BCUT2D eigenvalue weighted by Crippen LogP contribution is 2.27. The summed E-state index contributed by atoms with van der Waals surface area (Å²) in [5.41, 5.74) is 3.65. The second-order valence-electron chi connectivity index (χ2n) is 4.33. The average molecular weight is 362 g/mol. The Balaban J connectivity index is 2.28. The zero-order valence-electron chi connectivity index (χ0n) is 10.3. The highest BCUT2D eigenvalue weighted by Gasteiger charge is 2.15. The van der Waals surface area contributed by atoms with Crippen molar-refractivity contribution in [1.29, 1.82) is 0 Å². The molecule has 6 heteroatoms. The molecular weight excluding hydrogens is 350 g/mol. The molecule has 0 aliphatic carbocycles. The van der Waals surface area contributed by atoms with Gasteiger partial charge in [-0.25, -0.2) is 8.78 Å².